The van der Waals surface area contributed by atoms with E-state index in [1.807, 2.05) is 55.4 Å². The van der Waals surface area contributed by atoms with E-state index in [0.29, 0.717) is 0 Å². The summed E-state index contributed by atoms with van der Waals surface area (Å²) < 4.78 is 0. The van der Waals surface area contributed by atoms with Crippen LogP contribution in [-0.4, -0.2) is 104 Å². The summed E-state index contributed by atoms with van der Waals surface area (Å²) in [6.45, 7) is 21.0. The molecule has 0 aliphatic rings. The monoisotopic (exact) mass is 384 g/mol. The highest BCUT2D eigenvalue weighted by Gasteiger charge is 1.85. The second-order valence-corrected chi connectivity index (χ2v) is 4.56. The van der Waals surface area contributed by atoms with E-state index in [0.717, 1.165) is 52.4 Å². The molecule has 25 heavy (non-hydrogen) atoms. The topological polar surface area (TPSA) is 93.9 Å². The van der Waals surface area contributed by atoms with Gasteiger partial charge in [0.2, 0.25) is 0 Å². The fourth-order valence-corrected chi connectivity index (χ4v) is 0.894. The lowest BCUT2D eigenvalue weighted by atomic mass is 10.6. The summed E-state index contributed by atoms with van der Waals surface area (Å²) in [4.78, 5) is 0. The van der Waals surface area contributed by atoms with Crippen molar-refractivity contribution in [1.82, 2.24) is 20.3 Å². The molecule has 0 atom stereocenters. The second kappa shape index (κ2) is 31.6. The van der Waals surface area contributed by atoms with Gasteiger partial charge in [-0.15, -0.1) is 0 Å². The van der Waals surface area contributed by atoms with Crippen LogP contribution in [0.25, 0.3) is 0 Å². The molecule has 9 heteroatoms. The van der Waals surface area contributed by atoms with E-state index in [-0.39, 0.29) is 11.0 Å². The smallest absolute Gasteiger partial charge is 0.0209 e. The van der Waals surface area contributed by atoms with E-state index in [4.69, 9.17) is 20.8 Å². The minimum Gasteiger partial charge on any atom is -0.314 e. The van der Waals surface area contributed by atoms with Crippen LogP contribution in [0, 0.1) is 0 Å². The standard InChI is InChI=1S/4C4H11NO.Si/c4*1-3-5(6)4-2;/h4*6H,3-4H2,1-2H3;. The SMILES string of the molecule is CCN(O)CC.CCN(O)CC.CCN(O)CC.CCN(O)CC.[Si]. The summed E-state index contributed by atoms with van der Waals surface area (Å²) in [5.74, 6) is 0. The molecular formula is C16H44N4O4Si. The molecule has 156 valence electrons. The van der Waals surface area contributed by atoms with Gasteiger partial charge in [-0.1, -0.05) is 55.4 Å². The quantitative estimate of drug-likeness (QED) is 0.375. The molecular weight excluding hydrogens is 340 g/mol. The van der Waals surface area contributed by atoms with Crippen molar-refractivity contribution in [3.05, 3.63) is 0 Å². The van der Waals surface area contributed by atoms with Crippen LogP contribution in [-0.2, 0) is 0 Å². The Morgan fingerprint density at radius 1 is 0.360 bits per heavy atom. The Morgan fingerprint density at radius 3 is 0.440 bits per heavy atom. The van der Waals surface area contributed by atoms with E-state index < -0.39 is 0 Å². The average molecular weight is 385 g/mol. The number of hydroxylamine groups is 8. The Morgan fingerprint density at radius 2 is 0.440 bits per heavy atom. The van der Waals surface area contributed by atoms with Gasteiger partial charge in [-0.25, -0.2) is 0 Å². The first-order valence-electron chi connectivity index (χ1n) is 8.99. The molecule has 8 nitrogen and oxygen atoms in total. The second-order valence-electron chi connectivity index (χ2n) is 4.56. The number of hydrogen-bond acceptors (Lipinski definition) is 8. The summed E-state index contributed by atoms with van der Waals surface area (Å²) in [6, 6.07) is 0. The van der Waals surface area contributed by atoms with Gasteiger partial charge in [-0.05, 0) is 0 Å². The summed E-state index contributed by atoms with van der Waals surface area (Å²) in [7, 11) is 0. The highest BCUT2D eigenvalue weighted by atomic mass is 28.1. The first-order valence-corrected chi connectivity index (χ1v) is 8.99. The molecule has 0 saturated carbocycles. The molecule has 0 fully saturated rings. The zero-order valence-corrected chi connectivity index (χ0v) is 18.7. The minimum absolute atomic E-state index is 0. The van der Waals surface area contributed by atoms with E-state index in [1.165, 1.54) is 20.3 Å². The summed E-state index contributed by atoms with van der Waals surface area (Å²) in [6.07, 6.45) is 0. The Labute approximate surface area is 160 Å². The van der Waals surface area contributed by atoms with Crippen molar-refractivity contribution in [1.29, 1.82) is 0 Å². The van der Waals surface area contributed by atoms with Crippen LogP contribution in [0.2, 0.25) is 0 Å². The lowest BCUT2D eigenvalue weighted by Crippen LogP contribution is -2.16. The third kappa shape index (κ3) is 45.3. The highest BCUT2D eigenvalue weighted by Crippen LogP contribution is 1.74. The summed E-state index contributed by atoms with van der Waals surface area (Å²) in [5, 5.41) is 39.0. The van der Waals surface area contributed by atoms with Crippen LogP contribution in [0.15, 0.2) is 0 Å². The van der Waals surface area contributed by atoms with Gasteiger partial charge < -0.3 is 20.8 Å². The lowest BCUT2D eigenvalue weighted by molar-refractivity contribution is -0.0814. The molecule has 0 aromatic carbocycles. The van der Waals surface area contributed by atoms with Crippen molar-refractivity contribution < 1.29 is 20.8 Å². The first kappa shape index (κ1) is 35.9. The van der Waals surface area contributed by atoms with Gasteiger partial charge in [0.25, 0.3) is 0 Å². The summed E-state index contributed by atoms with van der Waals surface area (Å²) >= 11 is 0. The fourth-order valence-electron chi connectivity index (χ4n) is 0.894. The van der Waals surface area contributed by atoms with Crippen LogP contribution in [0.5, 0.6) is 0 Å². The maximum Gasteiger partial charge on any atom is 0.0209 e. The van der Waals surface area contributed by atoms with Crippen molar-refractivity contribution in [2.24, 2.45) is 0 Å². The fraction of sp³-hybridized carbons (Fsp3) is 1.00. The van der Waals surface area contributed by atoms with Crippen LogP contribution in [0.1, 0.15) is 55.4 Å². The largest absolute Gasteiger partial charge is 0.314 e. The van der Waals surface area contributed by atoms with Crippen molar-refractivity contribution in [2.45, 2.75) is 55.4 Å². The Kier molecular flexibility index (Phi) is 45.5. The van der Waals surface area contributed by atoms with Crippen molar-refractivity contribution >= 4 is 11.0 Å². The van der Waals surface area contributed by atoms with Gasteiger partial charge in [0.15, 0.2) is 0 Å². The zero-order valence-electron chi connectivity index (χ0n) is 17.7. The van der Waals surface area contributed by atoms with Gasteiger partial charge in [0.1, 0.15) is 0 Å². The molecule has 0 saturated heterocycles. The van der Waals surface area contributed by atoms with Crippen molar-refractivity contribution in [3.8, 4) is 0 Å². The normalized spacial score (nSPS) is 9.60. The Bertz CT molecular complexity index is 153. The van der Waals surface area contributed by atoms with Crippen molar-refractivity contribution in [3.63, 3.8) is 0 Å². The van der Waals surface area contributed by atoms with Gasteiger partial charge in [0, 0.05) is 63.3 Å². The molecule has 0 rings (SSSR count). The third-order valence-corrected chi connectivity index (χ3v) is 2.92. The van der Waals surface area contributed by atoms with Gasteiger partial charge in [-0.3, -0.25) is 0 Å². The predicted octanol–water partition coefficient (Wildman–Crippen LogP) is 2.49. The molecule has 0 aliphatic heterocycles. The Hall–Kier alpha value is -0.103. The number of hydrogen-bond donors (Lipinski definition) is 4. The number of nitrogens with zero attached hydrogens (tertiary/aromatic N) is 4. The van der Waals surface area contributed by atoms with Crippen LogP contribution < -0.4 is 0 Å². The molecule has 0 unspecified atom stereocenters. The van der Waals surface area contributed by atoms with E-state index in [1.54, 1.807) is 0 Å². The molecule has 0 heterocycles. The highest BCUT2D eigenvalue weighted by molar-refractivity contribution is 5.75. The van der Waals surface area contributed by atoms with Gasteiger partial charge in [0.05, 0.1) is 0 Å². The molecule has 0 spiro atoms. The zero-order chi connectivity index (χ0) is 20.0. The molecule has 4 N–H and O–H groups in total. The van der Waals surface area contributed by atoms with Crippen molar-refractivity contribution in [2.75, 3.05) is 52.4 Å². The maximum atomic E-state index is 8.50. The van der Waals surface area contributed by atoms with Gasteiger partial charge in [-0.2, -0.15) is 20.3 Å². The molecule has 0 aliphatic carbocycles. The third-order valence-electron chi connectivity index (χ3n) is 2.92. The van der Waals surface area contributed by atoms with E-state index >= 15 is 0 Å². The van der Waals surface area contributed by atoms with Crippen LogP contribution in [0.3, 0.4) is 0 Å². The lowest BCUT2D eigenvalue weighted by Gasteiger charge is -2.05. The summed E-state index contributed by atoms with van der Waals surface area (Å²) in [5.41, 5.74) is 0. The Balaban J connectivity index is -0.0000000702. The van der Waals surface area contributed by atoms with E-state index in [2.05, 4.69) is 0 Å². The van der Waals surface area contributed by atoms with Gasteiger partial charge >= 0.3 is 0 Å². The molecule has 0 bridgehead atoms. The van der Waals surface area contributed by atoms with Crippen LogP contribution >= 0.6 is 0 Å². The molecule has 0 amide bonds. The van der Waals surface area contributed by atoms with E-state index in [9.17, 15) is 0 Å². The minimum atomic E-state index is 0. The predicted molar refractivity (Wildman–Crippen MR) is 105 cm³/mol. The molecule has 4 radical (unpaired) electrons. The molecule has 0 aromatic heterocycles. The number of rotatable bonds is 8. The average Bonchev–Trinajstić information content (AvgIpc) is 2.66. The maximum absolute atomic E-state index is 8.50. The van der Waals surface area contributed by atoms with Crippen LogP contribution in [0.4, 0.5) is 0 Å². The first-order chi connectivity index (χ1) is 11.2. The molecule has 0 aromatic rings.